The van der Waals surface area contributed by atoms with E-state index in [1.165, 1.54) is 17.9 Å². The second-order valence-corrected chi connectivity index (χ2v) is 10.1. The first-order valence-corrected chi connectivity index (χ1v) is 13.9. The Balaban J connectivity index is 1.20. The lowest BCUT2D eigenvalue weighted by molar-refractivity contribution is -0.131. The van der Waals surface area contributed by atoms with E-state index in [1.54, 1.807) is 41.3 Å². The van der Waals surface area contributed by atoms with Crippen LogP contribution in [0.5, 0.6) is 0 Å². The Kier molecular flexibility index (Phi) is 10.4. The molecule has 2 aliphatic rings. The van der Waals surface area contributed by atoms with Crippen LogP contribution in [-0.4, -0.2) is 86.8 Å². The highest BCUT2D eigenvalue weighted by atomic mass is 19.1. The largest absolute Gasteiger partial charge is 0.442 e. The fourth-order valence-corrected chi connectivity index (χ4v) is 4.85. The molecular formula is C29H35FN6O6. The molecule has 2 fully saturated rings. The third-order valence-corrected chi connectivity index (χ3v) is 7.09. The summed E-state index contributed by atoms with van der Waals surface area (Å²) in [5.74, 6) is -0.801. The van der Waals surface area contributed by atoms with Crippen LogP contribution < -0.4 is 26.0 Å². The van der Waals surface area contributed by atoms with Crippen molar-refractivity contribution in [3.05, 3.63) is 53.8 Å². The molecule has 3 amide bonds. The zero-order chi connectivity index (χ0) is 30.1. The minimum atomic E-state index is -0.596. The molecule has 4 rings (SSSR count). The Morgan fingerprint density at radius 2 is 1.79 bits per heavy atom. The van der Waals surface area contributed by atoms with Crippen molar-refractivity contribution in [2.45, 2.75) is 32.3 Å². The number of nitrogens with zero attached hydrogens (tertiary/aromatic N) is 3. The Bertz CT molecular complexity index is 1300. The lowest BCUT2D eigenvalue weighted by Gasteiger charge is -2.36. The van der Waals surface area contributed by atoms with E-state index in [2.05, 4.69) is 16.2 Å². The van der Waals surface area contributed by atoms with E-state index < -0.39 is 18.0 Å². The van der Waals surface area contributed by atoms with Gasteiger partial charge in [-0.25, -0.2) is 14.6 Å². The zero-order valence-corrected chi connectivity index (χ0v) is 23.4. The number of halogens is 1. The number of hydrogen-bond donors (Lipinski definition) is 3. The number of carbonyl (C=O) groups excluding carboxylic acids is 5. The minimum absolute atomic E-state index is 0.0413. The molecule has 2 heterocycles. The minimum Gasteiger partial charge on any atom is -0.442 e. The van der Waals surface area contributed by atoms with Crippen LogP contribution in [0.2, 0.25) is 0 Å². The van der Waals surface area contributed by atoms with Crippen molar-refractivity contribution < 1.29 is 33.1 Å². The maximum atomic E-state index is 15.1. The number of benzene rings is 2. The number of ether oxygens (including phenoxy) is 1. The number of rotatable bonds is 13. The normalized spacial score (nSPS) is 16.7. The molecule has 3 N–H and O–H groups in total. The molecule has 0 saturated carbocycles. The van der Waals surface area contributed by atoms with E-state index in [0.717, 1.165) is 12.0 Å². The molecule has 2 aromatic carbocycles. The van der Waals surface area contributed by atoms with Crippen LogP contribution in [0.3, 0.4) is 0 Å². The van der Waals surface area contributed by atoms with Crippen LogP contribution in [0.1, 0.15) is 36.5 Å². The smallest absolute Gasteiger partial charge is 0.414 e. The van der Waals surface area contributed by atoms with E-state index in [9.17, 15) is 24.0 Å². The Hall–Kier alpha value is -4.52. The van der Waals surface area contributed by atoms with Crippen LogP contribution >= 0.6 is 0 Å². The zero-order valence-electron chi connectivity index (χ0n) is 23.4. The van der Waals surface area contributed by atoms with Crippen LogP contribution in [0.4, 0.5) is 26.2 Å². The van der Waals surface area contributed by atoms with Crippen LogP contribution in [-0.2, 0) is 19.1 Å². The van der Waals surface area contributed by atoms with E-state index in [0.29, 0.717) is 49.5 Å². The monoisotopic (exact) mass is 582 g/mol. The lowest BCUT2D eigenvalue weighted by atomic mass is 10.0. The third-order valence-electron chi connectivity index (χ3n) is 7.09. The number of amides is 3. The summed E-state index contributed by atoms with van der Waals surface area (Å²) >= 11 is 0. The highest BCUT2D eigenvalue weighted by Crippen LogP contribution is 2.28. The van der Waals surface area contributed by atoms with Gasteiger partial charge in [0.05, 0.1) is 31.0 Å². The predicted molar refractivity (Wildman–Crippen MR) is 154 cm³/mol. The maximum Gasteiger partial charge on any atom is 0.414 e. The SMILES string of the molecule is CC(=O)NC[C@H]1CN(c2ccc(N3CCN(C(=O)CCCC(=O)c4ccc(NNCC=O)cc4)CC3)c(F)c2)C(=O)O1. The van der Waals surface area contributed by atoms with Gasteiger partial charge in [0.15, 0.2) is 5.78 Å². The van der Waals surface area contributed by atoms with Gasteiger partial charge in [0, 0.05) is 57.2 Å². The van der Waals surface area contributed by atoms with Crippen molar-refractivity contribution in [2.24, 2.45) is 0 Å². The molecule has 13 heteroatoms. The third kappa shape index (κ3) is 8.03. The van der Waals surface area contributed by atoms with Gasteiger partial charge < -0.3 is 30.1 Å². The quantitative estimate of drug-likeness (QED) is 0.140. The summed E-state index contributed by atoms with van der Waals surface area (Å²) in [5.41, 5.74) is 7.61. The number of carbonyl (C=O) groups is 5. The number of nitrogens with one attached hydrogen (secondary N) is 3. The molecule has 2 aliphatic heterocycles. The van der Waals surface area contributed by atoms with Crippen molar-refractivity contribution >= 4 is 47.0 Å². The number of piperazine rings is 1. The van der Waals surface area contributed by atoms with Gasteiger partial charge in [0.1, 0.15) is 18.2 Å². The van der Waals surface area contributed by atoms with E-state index >= 15 is 4.39 Å². The van der Waals surface area contributed by atoms with E-state index in [1.807, 2.05) is 4.90 Å². The Morgan fingerprint density at radius 1 is 1.05 bits per heavy atom. The van der Waals surface area contributed by atoms with Gasteiger partial charge in [-0.15, -0.1) is 0 Å². The number of hydrazine groups is 1. The number of hydrogen-bond acceptors (Lipinski definition) is 9. The number of Topliss-reactive ketones (excluding diaryl/α,β-unsaturated/α-hetero) is 1. The molecule has 42 heavy (non-hydrogen) atoms. The van der Waals surface area contributed by atoms with Gasteiger partial charge in [0.2, 0.25) is 11.8 Å². The Morgan fingerprint density at radius 3 is 2.45 bits per heavy atom. The van der Waals surface area contributed by atoms with Gasteiger partial charge >= 0.3 is 6.09 Å². The van der Waals surface area contributed by atoms with Crippen molar-refractivity contribution in [2.75, 3.05) is 61.0 Å². The Labute approximate surface area is 243 Å². The summed E-state index contributed by atoms with van der Waals surface area (Å²) in [5, 5.41) is 2.61. The topological polar surface area (TPSA) is 140 Å². The average Bonchev–Trinajstić information content (AvgIpc) is 3.36. The molecule has 12 nitrogen and oxygen atoms in total. The fourth-order valence-electron chi connectivity index (χ4n) is 4.85. The maximum absolute atomic E-state index is 15.1. The van der Waals surface area contributed by atoms with Gasteiger partial charge in [0.25, 0.3) is 0 Å². The summed E-state index contributed by atoms with van der Waals surface area (Å²) in [6.45, 7) is 3.70. The van der Waals surface area contributed by atoms with Crippen molar-refractivity contribution in [3.63, 3.8) is 0 Å². The molecule has 0 unspecified atom stereocenters. The molecule has 0 spiro atoms. The van der Waals surface area contributed by atoms with Crippen LogP contribution in [0.25, 0.3) is 0 Å². The highest BCUT2D eigenvalue weighted by Gasteiger charge is 2.33. The van der Waals surface area contributed by atoms with E-state index in [4.69, 9.17) is 4.74 Å². The second-order valence-electron chi connectivity index (χ2n) is 10.1. The predicted octanol–water partition coefficient (Wildman–Crippen LogP) is 2.10. The van der Waals surface area contributed by atoms with Gasteiger partial charge in [-0.1, -0.05) is 0 Å². The lowest BCUT2D eigenvalue weighted by Crippen LogP contribution is -2.49. The molecule has 1 atom stereocenters. The number of cyclic esters (lactones) is 1. The molecule has 0 aliphatic carbocycles. The molecule has 2 aromatic rings. The first-order valence-electron chi connectivity index (χ1n) is 13.9. The van der Waals surface area contributed by atoms with Crippen LogP contribution in [0.15, 0.2) is 42.5 Å². The first-order chi connectivity index (χ1) is 20.2. The molecule has 224 valence electrons. The van der Waals surface area contributed by atoms with Gasteiger partial charge in [-0.3, -0.25) is 19.3 Å². The number of ketones is 1. The summed E-state index contributed by atoms with van der Waals surface area (Å²) in [6, 6.07) is 11.4. The summed E-state index contributed by atoms with van der Waals surface area (Å²) in [7, 11) is 0. The standard InChI is InChI=1S/C29H35FN6O6/c1-20(38)31-18-24-19-36(29(41)42-24)23-9-10-26(25(30)17-23)34-12-14-35(15-13-34)28(40)4-2-3-27(39)21-5-7-22(8-6-21)33-32-11-16-37/h5-10,16-17,24,32-33H,2-4,11-15,18-19H2,1H3,(H,31,38)/t24-/m0/s1. The van der Waals surface area contributed by atoms with Gasteiger partial charge in [-0.2, -0.15) is 0 Å². The number of aldehydes is 1. The number of anilines is 3. The van der Waals surface area contributed by atoms with Gasteiger partial charge in [-0.05, 0) is 48.9 Å². The van der Waals surface area contributed by atoms with Crippen molar-refractivity contribution in [3.8, 4) is 0 Å². The summed E-state index contributed by atoms with van der Waals surface area (Å²) in [6.07, 6.45) is 0.549. The van der Waals surface area contributed by atoms with Crippen LogP contribution in [0, 0.1) is 5.82 Å². The van der Waals surface area contributed by atoms with Crippen molar-refractivity contribution in [1.82, 2.24) is 15.6 Å². The molecular weight excluding hydrogens is 547 g/mol. The second kappa shape index (κ2) is 14.4. The molecule has 2 saturated heterocycles. The average molecular weight is 583 g/mol. The molecule has 0 aromatic heterocycles. The first kappa shape index (κ1) is 30.4. The van der Waals surface area contributed by atoms with E-state index in [-0.39, 0.29) is 50.1 Å². The molecule has 0 radical (unpaired) electrons. The van der Waals surface area contributed by atoms with Crippen molar-refractivity contribution in [1.29, 1.82) is 0 Å². The fraction of sp³-hybridized carbons (Fsp3) is 0.414. The summed E-state index contributed by atoms with van der Waals surface area (Å²) < 4.78 is 20.3. The molecule has 0 bridgehead atoms. The summed E-state index contributed by atoms with van der Waals surface area (Å²) in [4.78, 5) is 63.9. The highest BCUT2D eigenvalue weighted by molar-refractivity contribution is 5.96.